The predicted octanol–water partition coefficient (Wildman–Crippen LogP) is 3.75. The molecule has 7 nitrogen and oxygen atoms in total. The monoisotopic (exact) mass is 397 g/mol. The van der Waals surface area contributed by atoms with Crippen LogP contribution in [0.1, 0.15) is 30.9 Å². The van der Waals surface area contributed by atoms with E-state index in [0.717, 1.165) is 16.9 Å². The van der Waals surface area contributed by atoms with Gasteiger partial charge in [0, 0.05) is 32.2 Å². The van der Waals surface area contributed by atoms with Crippen LogP contribution in [0.2, 0.25) is 0 Å². The summed E-state index contributed by atoms with van der Waals surface area (Å²) in [6, 6.07) is 12.8. The number of aryl methyl sites for hydroxylation is 1. The normalized spacial score (nSPS) is 14.2. The van der Waals surface area contributed by atoms with E-state index in [1.54, 1.807) is 23.1 Å². The smallest absolute Gasteiger partial charge is 0.292 e. The number of piperazine rings is 1. The first-order valence-electron chi connectivity index (χ1n) is 9.86. The number of benzene rings is 2. The van der Waals surface area contributed by atoms with E-state index in [4.69, 9.17) is 4.74 Å². The molecule has 1 saturated heterocycles. The highest BCUT2D eigenvalue weighted by molar-refractivity contribution is 5.78. The van der Waals surface area contributed by atoms with Crippen LogP contribution in [-0.2, 0) is 4.79 Å². The molecule has 0 saturated carbocycles. The number of hydrogen-bond donors (Lipinski definition) is 0. The van der Waals surface area contributed by atoms with Gasteiger partial charge in [0.2, 0.25) is 0 Å². The summed E-state index contributed by atoms with van der Waals surface area (Å²) in [5.41, 5.74) is 2.87. The fourth-order valence-corrected chi connectivity index (χ4v) is 3.56. The van der Waals surface area contributed by atoms with Crippen molar-refractivity contribution in [3.05, 3.63) is 63.7 Å². The van der Waals surface area contributed by atoms with E-state index < -0.39 is 0 Å². The second kappa shape index (κ2) is 8.94. The van der Waals surface area contributed by atoms with Gasteiger partial charge in [-0.3, -0.25) is 14.9 Å². The highest BCUT2D eigenvalue weighted by atomic mass is 16.6. The lowest BCUT2D eigenvalue weighted by Gasteiger charge is -2.35. The Morgan fingerprint density at radius 1 is 1.14 bits per heavy atom. The van der Waals surface area contributed by atoms with Crippen molar-refractivity contribution >= 4 is 17.3 Å². The van der Waals surface area contributed by atoms with Crippen LogP contribution in [0, 0.1) is 17.0 Å². The molecular weight excluding hydrogens is 370 g/mol. The molecule has 0 atom stereocenters. The maximum Gasteiger partial charge on any atom is 0.292 e. The molecule has 0 aromatic heterocycles. The summed E-state index contributed by atoms with van der Waals surface area (Å²) >= 11 is 0. The Labute approximate surface area is 171 Å². The molecule has 1 aliphatic heterocycles. The van der Waals surface area contributed by atoms with E-state index in [0.29, 0.717) is 37.8 Å². The fourth-order valence-electron chi connectivity index (χ4n) is 3.56. The predicted molar refractivity (Wildman–Crippen MR) is 113 cm³/mol. The third kappa shape index (κ3) is 4.85. The Bertz CT molecular complexity index is 889. The van der Waals surface area contributed by atoms with Crippen molar-refractivity contribution < 1.29 is 14.5 Å². The number of carbonyl (C=O) groups is 1. The number of hydrogen-bond acceptors (Lipinski definition) is 5. The number of carbonyl (C=O) groups excluding carboxylic acids is 1. The average molecular weight is 397 g/mol. The molecule has 0 aliphatic carbocycles. The van der Waals surface area contributed by atoms with Gasteiger partial charge in [0.05, 0.1) is 4.92 Å². The van der Waals surface area contributed by atoms with E-state index in [9.17, 15) is 14.9 Å². The molecule has 7 heteroatoms. The summed E-state index contributed by atoms with van der Waals surface area (Å²) < 4.78 is 5.86. The zero-order chi connectivity index (χ0) is 21.0. The first-order valence-corrected chi connectivity index (χ1v) is 9.86. The molecule has 0 unspecified atom stereocenters. The van der Waals surface area contributed by atoms with Crippen LogP contribution in [0.15, 0.2) is 42.5 Å². The summed E-state index contributed by atoms with van der Waals surface area (Å²) in [5.74, 6) is 1.00. The second-order valence-electron chi connectivity index (χ2n) is 7.60. The first kappa shape index (κ1) is 20.6. The standard InChI is InChI=1S/C22H27N3O4/c1-16(2)18-9-8-17(3)14-21(18)29-15-22(26)24-12-10-23(11-13-24)19-6-4-5-7-20(19)25(27)28/h4-9,14,16H,10-13,15H2,1-3H3. The molecule has 0 bridgehead atoms. The molecule has 2 aromatic rings. The first-order chi connectivity index (χ1) is 13.9. The highest BCUT2D eigenvalue weighted by Gasteiger charge is 2.25. The Kier molecular flexibility index (Phi) is 6.36. The summed E-state index contributed by atoms with van der Waals surface area (Å²) in [7, 11) is 0. The quantitative estimate of drug-likeness (QED) is 0.548. The molecular formula is C22H27N3O4. The van der Waals surface area contributed by atoms with Crippen molar-refractivity contribution in [1.29, 1.82) is 0 Å². The molecule has 1 amide bonds. The van der Waals surface area contributed by atoms with Crippen molar-refractivity contribution in [2.75, 3.05) is 37.7 Å². The zero-order valence-electron chi connectivity index (χ0n) is 17.1. The lowest BCUT2D eigenvalue weighted by Crippen LogP contribution is -2.50. The van der Waals surface area contributed by atoms with Gasteiger partial charge in [0.1, 0.15) is 11.4 Å². The molecule has 0 spiro atoms. The van der Waals surface area contributed by atoms with Crippen molar-refractivity contribution in [3.8, 4) is 5.75 Å². The van der Waals surface area contributed by atoms with Crippen molar-refractivity contribution in [3.63, 3.8) is 0 Å². The number of nitro groups is 1. The van der Waals surface area contributed by atoms with Crippen molar-refractivity contribution in [2.45, 2.75) is 26.7 Å². The van der Waals surface area contributed by atoms with Crippen LogP contribution in [0.5, 0.6) is 5.75 Å². The number of anilines is 1. The molecule has 2 aromatic carbocycles. The lowest BCUT2D eigenvalue weighted by molar-refractivity contribution is -0.384. The Morgan fingerprint density at radius 2 is 1.83 bits per heavy atom. The summed E-state index contributed by atoms with van der Waals surface area (Å²) in [4.78, 5) is 27.2. The van der Waals surface area contributed by atoms with Crippen LogP contribution in [0.4, 0.5) is 11.4 Å². The van der Waals surface area contributed by atoms with Gasteiger partial charge >= 0.3 is 0 Å². The SMILES string of the molecule is Cc1ccc(C(C)C)c(OCC(=O)N2CCN(c3ccccc3[N+](=O)[O-])CC2)c1. The van der Waals surface area contributed by atoms with Crippen LogP contribution in [0.3, 0.4) is 0 Å². The van der Waals surface area contributed by atoms with E-state index >= 15 is 0 Å². The summed E-state index contributed by atoms with van der Waals surface area (Å²) in [6.07, 6.45) is 0. The maximum atomic E-state index is 12.6. The molecule has 0 radical (unpaired) electrons. The molecule has 1 heterocycles. The van der Waals surface area contributed by atoms with Gasteiger partial charge in [-0.25, -0.2) is 0 Å². The van der Waals surface area contributed by atoms with Gasteiger partial charge in [0.25, 0.3) is 11.6 Å². The Morgan fingerprint density at radius 3 is 2.48 bits per heavy atom. The molecule has 3 rings (SSSR count). The number of nitro benzene ring substituents is 1. The van der Waals surface area contributed by atoms with Crippen LogP contribution >= 0.6 is 0 Å². The minimum Gasteiger partial charge on any atom is -0.483 e. The minimum absolute atomic E-state index is 0.00530. The van der Waals surface area contributed by atoms with Gasteiger partial charge in [0.15, 0.2) is 6.61 Å². The summed E-state index contributed by atoms with van der Waals surface area (Å²) in [6.45, 7) is 8.33. The number of para-hydroxylation sites is 2. The van der Waals surface area contributed by atoms with Gasteiger partial charge in [-0.1, -0.05) is 38.1 Å². The average Bonchev–Trinajstić information content (AvgIpc) is 2.72. The van der Waals surface area contributed by atoms with Gasteiger partial charge in [-0.05, 0) is 36.1 Å². The topological polar surface area (TPSA) is 75.9 Å². The fraction of sp³-hybridized carbons (Fsp3) is 0.409. The van der Waals surface area contributed by atoms with Crippen molar-refractivity contribution in [2.24, 2.45) is 0 Å². The molecule has 1 fully saturated rings. The van der Waals surface area contributed by atoms with E-state index in [-0.39, 0.29) is 23.1 Å². The number of ether oxygens (including phenoxy) is 1. The largest absolute Gasteiger partial charge is 0.483 e. The lowest BCUT2D eigenvalue weighted by atomic mass is 10.0. The van der Waals surface area contributed by atoms with E-state index in [1.807, 2.05) is 30.0 Å². The number of nitrogens with zero attached hydrogens (tertiary/aromatic N) is 3. The summed E-state index contributed by atoms with van der Waals surface area (Å²) in [5, 5.41) is 11.3. The van der Waals surface area contributed by atoms with Crippen molar-refractivity contribution in [1.82, 2.24) is 4.90 Å². The second-order valence-corrected chi connectivity index (χ2v) is 7.60. The molecule has 29 heavy (non-hydrogen) atoms. The molecule has 154 valence electrons. The number of rotatable bonds is 6. The van der Waals surface area contributed by atoms with Crippen LogP contribution in [0.25, 0.3) is 0 Å². The minimum atomic E-state index is -0.366. The third-order valence-corrected chi connectivity index (χ3v) is 5.19. The highest BCUT2D eigenvalue weighted by Crippen LogP contribution is 2.29. The molecule has 0 N–H and O–H groups in total. The van der Waals surface area contributed by atoms with Gasteiger partial charge in [-0.15, -0.1) is 0 Å². The maximum absolute atomic E-state index is 12.6. The van der Waals surface area contributed by atoms with Gasteiger partial charge < -0.3 is 14.5 Å². The Hall–Kier alpha value is -3.09. The molecule has 1 aliphatic rings. The Balaban J connectivity index is 1.59. The zero-order valence-corrected chi connectivity index (χ0v) is 17.1. The number of amides is 1. The third-order valence-electron chi connectivity index (χ3n) is 5.19. The van der Waals surface area contributed by atoms with Crippen LogP contribution in [-0.4, -0.2) is 48.5 Å². The van der Waals surface area contributed by atoms with E-state index in [2.05, 4.69) is 13.8 Å². The van der Waals surface area contributed by atoms with E-state index in [1.165, 1.54) is 6.07 Å². The van der Waals surface area contributed by atoms with Gasteiger partial charge in [-0.2, -0.15) is 0 Å². The van der Waals surface area contributed by atoms with Crippen LogP contribution < -0.4 is 9.64 Å².